The standard InChI is InChI=1S/C19H26FN5/c1-4-23(5-2)18-14-15(3)21-19(22-18)25-12-10-24(11-13-25)17-9-7-6-8-16(17)20/h6-9,14H,4-5,10-13H2,1-3H3. The number of aromatic nitrogens is 2. The van der Waals surface area contributed by atoms with Crippen LogP contribution in [0.15, 0.2) is 30.3 Å². The molecule has 1 aromatic heterocycles. The molecule has 0 saturated carbocycles. The van der Waals surface area contributed by atoms with Gasteiger partial charge in [0, 0.05) is 51.0 Å². The lowest BCUT2D eigenvalue weighted by molar-refractivity contribution is 0.593. The zero-order valence-electron chi connectivity index (χ0n) is 15.2. The smallest absolute Gasteiger partial charge is 0.227 e. The van der Waals surface area contributed by atoms with Gasteiger partial charge in [0.05, 0.1) is 5.69 Å². The molecule has 0 unspecified atom stereocenters. The highest BCUT2D eigenvalue weighted by atomic mass is 19.1. The maximum absolute atomic E-state index is 14.0. The van der Waals surface area contributed by atoms with Crippen molar-refractivity contribution < 1.29 is 4.39 Å². The van der Waals surface area contributed by atoms with Crippen molar-refractivity contribution in [3.05, 3.63) is 41.8 Å². The van der Waals surface area contributed by atoms with E-state index in [1.54, 1.807) is 6.07 Å². The molecule has 1 saturated heterocycles. The number of nitrogens with zero attached hydrogens (tertiary/aromatic N) is 5. The van der Waals surface area contributed by atoms with Gasteiger partial charge in [0.15, 0.2) is 0 Å². The molecule has 5 nitrogen and oxygen atoms in total. The van der Waals surface area contributed by atoms with Gasteiger partial charge in [-0.05, 0) is 32.9 Å². The molecule has 0 bridgehead atoms. The van der Waals surface area contributed by atoms with Crippen molar-refractivity contribution in [1.82, 2.24) is 9.97 Å². The number of hydrogen-bond acceptors (Lipinski definition) is 5. The lowest BCUT2D eigenvalue weighted by Crippen LogP contribution is -2.47. The number of anilines is 3. The minimum atomic E-state index is -0.161. The Hall–Kier alpha value is -2.37. The van der Waals surface area contributed by atoms with E-state index in [1.807, 2.05) is 25.1 Å². The van der Waals surface area contributed by atoms with Gasteiger partial charge in [-0.1, -0.05) is 12.1 Å². The van der Waals surface area contributed by atoms with Crippen molar-refractivity contribution in [2.75, 3.05) is 54.0 Å². The van der Waals surface area contributed by atoms with Crippen LogP contribution in [-0.2, 0) is 0 Å². The molecule has 0 aliphatic carbocycles. The van der Waals surface area contributed by atoms with E-state index in [9.17, 15) is 4.39 Å². The lowest BCUT2D eigenvalue weighted by Gasteiger charge is -2.36. The van der Waals surface area contributed by atoms with E-state index in [0.717, 1.165) is 56.7 Å². The quantitative estimate of drug-likeness (QED) is 0.834. The van der Waals surface area contributed by atoms with Crippen molar-refractivity contribution in [3.63, 3.8) is 0 Å². The molecule has 2 aromatic rings. The third kappa shape index (κ3) is 3.83. The Balaban J connectivity index is 1.74. The van der Waals surface area contributed by atoms with Crippen LogP contribution in [0.5, 0.6) is 0 Å². The second-order valence-corrected chi connectivity index (χ2v) is 6.27. The molecule has 0 N–H and O–H groups in total. The number of rotatable bonds is 5. The van der Waals surface area contributed by atoms with Crippen LogP contribution < -0.4 is 14.7 Å². The van der Waals surface area contributed by atoms with Crippen molar-refractivity contribution in [3.8, 4) is 0 Å². The molecular weight excluding hydrogens is 317 g/mol. The van der Waals surface area contributed by atoms with Gasteiger partial charge in [-0.2, -0.15) is 4.98 Å². The topological polar surface area (TPSA) is 35.5 Å². The van der Waals surface area contributed by atoms with Crippen LogP contribution in [0.3, 0.4) is 0 Å². The van der Waals surface area contributed by atoms with Crippen LogP contribution in [0.1, 0.15) is 19.5 Å². The average Bonchev–Trinajstić information content (AvgIpc) is 2.63. The number of benzene rings is 1. The van der Waals surface area contributed by atoms with Crippen LogP contribution in [0, 0.1) is 12.7 Å². The first-order chi connectivity index (χ1) is 12.1. The third-order valence-electron chi connectivity index (χ3n) is 4.67. The largest absolute Gasteiger partial charge is 0.366 e. The fraction of sp³-hybridized carbons (Fsp3) is 0.474. The SMILES string of the molecule is CCN(CC)c1cc(C)nc(N2CCN(c3ccccc3F)CC2)n1. The Morgan fingerprint density at radius 2 is 1.64 bits per heavy atom. The molecule has 1 aliphatic heterocycles. The summed E-state index contributed by atoms with van der Waals surface area (Å²) in [6, 6.07) is 9.00. The predicted octanol–water partition coefficient (Wildman–Crippen LogP) is 3.10. The Bertz CT molecular complexity index is 709. The monoisotopic (exact) mass is 343 g/mol. The molecule has 0 spiro atoms. The summed E-state index contributed by atoms with van der Waals surface area (Å²) in [5.41, 5.74) is 1.65. The van der Waals surface area contributed by atoms with E-state index in [4.69, 9.17) is 4.98 Å². The molecular formula is C19H26FN5. The molecule has 0 radical (unpaired) electrons. The van der Waals surface area contributed by atoms with Crippen LogP contribution in [0.4, 0.5) is 21.8 Å². The minimum absolute atomic E-state index is 0.161. The summed E-state index contributed by atoms with van der Waals surface area (Å²) in [5, 5.41) is 0. The van der Waals surface area contributed by atoms with Gasteiger partial charge in [0.25, 0.3) is 0 Å². The summed E-state index contributed by atoms with van der Waals surface area (Å²) in [4.78, 5) is 15.9. The predicted molar refractivity (Wildman–Crippen MR) is 101 cm³/mol. The van der Waals surface area contributed by atoms with Crippen molar-refractivity contribution in [2.24, 2.45) is 0 Å². The maximum Gasteiger partial charge on any atom is 0.227 e. The lowest BCUT2D eigenvalue weighted by atomic mass is 10.2. The molecule has 134 valence electrons. The fourth-order valence-electron chi connectivity index (χ4n) is 3.24. The number of piperazine rings is 1. The normalized spacial score (nSPS) is 14.7. The van der Waals surface area contributed by atoms with Crippen LogP contribution in [-0.4, -0.2) is 49.2 Å². The number of para-hydroxylation sites is 1. The van der Waals surface area contributed by atoms with E-state index in [0.29, 0.717) is 5.69 Å². The van der Waals surface area contributed by atoms with Gasteiger partial charge in [-0.3, -0.25) is 0 Å². The first kappa shape index (κ1) is 17.5. The number of aryl methyl sites for hydroxylation is 1. The molecule has 1 aliphatic rings. The highest BCUT2D eigenvalue weighted by molar-refractivity contribution is 5.51. The Kier molecular flexibility index (Phi) is 5.36. The zero-order chi connectivity index (χ0) is 17.8. The first-order valence-electron chi connectivity index (χ1n) is 8.97. The van der Waals surface area contributed by atoms with Crippen LogP contribution >= 0.6 is 0 Å². The van der Waals surface area contributed by atoms with Crippen molar-refractivity contribution in [1.29, 1.82) is 0 Å². The summed E-state index contributed by atoms with van der Waals surface area (Å²) in [6.07, 6.45) is 0. The van der Waals surface area contributed by atoms with E-state index < -0.39 is 0 Å². The Morgan fingerprint density at radius 3 is 2.28 bits per heavy atom. The van der Waals surface area contributed by atoms with E-state index in [1.165, 1.54) is 6.07 Å². The Morgan fingerprint density at radius 1 is 1.00 bits per heavy atom. The molecule has 1 fully saturated rings. The maximum atomic E-state index is 14.0. The number of halogens is 1. The molecule has 25 heavy (non-hydrogen) atoms. The van der Waals surface area contributed by atoms with Gasteiger partial charge >= 0.3 is 0 Å². The van der Waals surface area contributed by atoms with E-state index >= 15 is 0 Å². The molecule has 0 amide bonds. The summed E-state index contributed by atoms with van der Waals surface area (Å²) >= 11 is 0. The van der Waals surface area contributed by atoms with Crippen LogP contribution in [0.2, 0.25) is 0 Å². The second-order valence-electron chi connectivity index (χ2n) is 6.27. The minimum Gasteiger partial charge on any atom is -0.366 e. The molecule has 0 atom stereocenters. The van der Waals surface area contributed by atoms with Gasteiger partial charge in [0.1, 0.15) is 11.6 Å². The van der Waals surface area contributed by atoms with Gasteiger partial charge in [0.2, 0.25) is 5.95 Å². The third-order valence-corrected chi connectivity index (χ3v) is 4.67. The average molecular weight is 343 g/mol. The summed E-state index contributed by atoms with van der Waals surface area (Å²) in [7, 11) is 0. The van der Waals surface area contributed by atoms with Gasteiger partial charge in [-0.15, -0.1) is 0 Å². The zero-order valence-corrected chi connectivity index (χ0v) is 15.2. The Labute approximate surface area is 149 Å². The highest BCUT2D eigenvalue weighted by Gasteiger charge is 2.22. The van der Waals surface area contributed by atoms with Crippen molar-refractivity contribution in [2.45, 2.75) is 20.8 Å². The first-order valence-corrected chi connectivity index (χ1v) is 8.97. The van der Waals surface area contributed by atoms with E-state index in [-0.39, 0.29) is 5.82 Å². The van der Waals surface area contributed by atoms with Gasteiger partial charge in [-0.25, -0.2) is 9.37 Å². The fourth-order valence-corrected chi connectivity index (χ4v) is 3.24. The van der Waals surface area contributed by atoms with Crippen LogP contribution in [0.25, 0.3) is 0 Å². The van der Waals surface area contributed by atoms with Crippen molar-refractivity contribution >= 4 is 17.5 Å². The molecule has 2 heterocycles. The summed E-state index contributed by atoms with van der Waals surface area (Å²) in [6.45, 7) is 11.2. The molecule has 1 aromatic carbocycles. The van der Waals surface area contributed by atoms with Gasteiger partial charge < -0.3 is 14.7 Å². The summed E-state index contributed by atoms with van der Waals surface area (Å²) < 4.78 is 14.0. The van der Waals surface area contributed by atoms with E-state index in [2.05, 4.69) is 33.5 Å². The second kappa shape index (κ2) is 7.68. The molecule has 6 heteroatoms. The highest BCUT2D eigenvalue weighted by Crippen LogP contribution is 2.23. The number of hydrogen-bond donors (Lipinski definition) is 0. The summed E-state index contributed by atoms with van der Waals surface area (Å²) in [5.74, 6) is 1.59. The molecule has 3 rings (SSSR count).